The molecule has 0 radical (unpaired) electrons. The minimum Gasteiger partial charge on any atom is -0.489 e. The van der Waals surface area contributed by atoms with Gasteiger partial charge in [0.15, 0.2) is 0 Å². The van der Waals surface area contributed by atoms with E-state index in [-0.39, 0.29) is 18.5 Å². The van der Waals surface area contributed by atoms with E-state index in [0.717, 1.165) is 38.5 Å². The number of ether oxygens (including phenoxy) is 1. The van der Waals surface area contributed by atoms with Gasteiger partial charge in [-0.05, 0) is 48.0 Å². The Labute approximate surface area is 163 Å². The second-order valence-corrected chi connectivity index (χ2v) is 8.04. The van der Waals surface area contributed by atoms with E-state index in [4.69, 9.17) is 4.74 Å². The van der Waals surface area contributed by atoms with Crippen molar-refractivity contribution in [2.75, 3.05) is 31.1 Å². The average molecular weight is 432 g/mol. The first kappa shape index (κ1) is 19.6. The maximum atomic E-state index is 5.96. The molecule has 3 nitrogen and oxygen atoms in total. The molecule has 0 aliphatic carbocycles. The Morgan fingerprint density at radius 2 is 1.88 bits per heavy atom. The summed E-state index contributed by atoms with van der Waals surface area (Å²) in [6.07, 6.45) is 0.203. The van der Waals surface area contributed by atoms with Crippen LogP contribution in [-0.4, -0.2) is 37.2 Å². The molecule has 0 saturated carbocycles. The van der Waals surface area contributed by atoms with Gasteiger partial charge in [-0.15, -0.1) is 23.7 Å². The number of hydrogen-bond donors (Lipinski definition) is 0. The van der Waals surface area contributed by atoms with Crippen LogP contribution in [0, 0.1) is 0 Å². The van der Waals surface area contributed by atoms with E-state index >= 15 is 0 Å². The van der Waals surface area contributed by atoms with Gasteiger partial charge in [-0.2, -0.15) is 0 Å². The van der Waals surface area contributed by atoms with Crippen LogP contribution >= 0.6 is 39.7 Å². The summed E-state index contributed by atoms with van der Waals surface area (Å²) in [6, 6.07) is 10.6. The van der Waals surface area contributed by atoms with Crippen LogP contribution in [0.2, 0.25) is 0 Å². The van der Waals surface area contributed by atoms with Crippen LogP contribution in [-0.2, 0) is 6.54 Å². The number of thiophene rings is 1. The minimum absolute atomic E-state index is 0. The summed E-state index contributed by atoms with van der Waals surface area (Å²) in [6.45, 7) is 9.48. The lowest BCUT2D eigenvalue weighted by Crippen LogP contribution is -2.46. The fourth-order valence-electron chi connectivity index (χ4n) is 2.88. The molecule has 0 atom stereocenters. The van der Waals surface area contributed by atoms with Gasteiger partial charge in [0.1, 0.15) is 5.75 Å². The Hall–Kier alpha value is -0.750. The predicted octanol–water partition coefficient (Wildman–Crippen LogP) is 5.04. The van der Waals surface area contributed by atoms with E-state index in [0.29, 0.717) is 0 Å². The maximum Gasteiger partial charge on any atom is 0.142 e. The van der Waals surface area contributed by atoms with Crippen molar-refractivity contribution in [3.8, 4) is 5.75 Å². The van der Waals surface area contributed by atoms with Gasteiger partial charge >= 0.3 is 0 Å². The number of anilines is 1. The lowest BCUT2D eigenvalue weighted by molar-refractivity contribution is 0.236. The molecule has 6 heteroatoms. The van der Waals surface area contributed by atoms with Gasteiger partial charge in [0.2, 0.25) is 0 Å². The highest BCUT2D eigenvalue weighted by Crippen LogP contribution is 2.30. The second kappa shape index (κ2) is 9.09. The molecule has 0 unspecified atom stereocenters. The van der Waals surface area contributed by atoms with Crippen LogP contribution in [0.4, 0.5) is 5.69 Å². The van der Waals surface area contributed by atoms with Crippen LogP contribution in [0.5, 0.6) is 5.75 Å². The largest absolute Gasteiger partial charge is 0.489 e. The molecule has 1 fully saturated rings. The number of rotatable bonds is 5. The first-order valence-electron chi connectivity index (χ1n) is 8.08. The molecule has 0 amide bonds. The van der Waals surface area contributed by atoms with E-state index in [1.807, 2.05) is 17.4 Å². The highest BCUT2D eigenvalue weighted by molar-refractivity contribution is 9.10. The topological polar surface area (TPSA) is 15.7 Å². The van der Waals surface area contributed by atoms with E-state index in [9.17, 15) is 0 Å². The molecular formula is C18H24BrClN2OS. The smallest absolute Gasteiger partial charge is 0.142 e. The fraction of sp³-hybridized carbons (Fsp3) is 0.444. The third-order valence-electron chi connectivity index (χ3n) is 3.94. The molecule has 132 valence electrons. The molecular weight excluding hydrogens is 408 g/mol. The van der Waals surface area contributed by atoms with Gasteiger partial charge < -0.3 is 9.64 Å². The highest BCUT2D eigenvalue weighted by Gasteiger charge is 2.20. The van der Waals surface area contributed by atoms with Gasteiger partial charge in [-0.3, -0.25) is 4.90 Å². The summed E-state index contributed by atoms with van der Waals surface area (Å²) in [5, 5.41) is 2.16. The Kier molecular flexibility index (Phi) is 7.41. The first-order chi connectivity index (χ1) is 11.1. The van der Waals surface area contributed by atoms with Gasteiger partial charge in [0, 0.05) is 47.5 Å². The Morgan fingerprint density at radius 3 is 2.50 bits per heavy atom. The van der Waals surface area contributed by atoms with Crippen LogP contribution in [0.25, 0.3) is 0 Å². The lowest BCUT2D eigenvalue weighted by Gasteiger charge is -2.36. The van der Waals surface area contributed by atoms with Crippen LogP contribution in [0.15, 0.2) is 40.2 Å². The molecule has 1 aliphatic rings. The summed E-state index contributed by atoms with van der Waals surface area (Å²) >= 11 is 5.36. The Morgan fingerprint density at radius 1 is 1.17 bits per heavy atom. The average Bonchev–Trinajstić information content (AvgIpc) is 2.93. The van der Waals surface area contributed by atoms with Crippen molar-refractivity contribution in [2.45, 2.75) is 26.5 Å². The summed E-state index contributed by atoms with van der Waals surface area (Å²) in [5.74, 6) is 0.998. The molecule has 1 aromatic carbocycles. The third kappa shape index (κ3) is 5.12. The highest BCUT2D eigenvalue weighted by atomic mass is 79.9. The van der Waals surface area contributed by atoms with E-state index in [2.05, 4.69) is 69.2 Å². The summed E-state index contributed by atoms with van der Waals surface area (Å²) < 4.78 is 7.16. The first-order valence-corrected chi connectivity index (χ1v) is 9.75. The summed E-state index contributed by atoms with van der Waals surface area (Å²) in [4.78, 5) is 6.40. The van der Waals surface area contributed by atoms with Gasteiger partial charge in [-0.25, -0.2) is 0 Å². The van der Waals surface area contributed by atoms with Crippen molar-refractivity contribution < 1.29 is 4.74 Å². The molecule has 2 aromatic rings. The maximum absolute atomic E-state index is 5.96. The van der Waals surface area contributed by atoms with Gasteiger partial charge in [0.25, 0.3) is 0 Å². The SMILES string of the molecule is CC(C)Oc1ccccc1N1CCN(Cc2cc(Br)cs2)CC1.Cl. The van der Waals surface area contributed by atoms with Crippen LogP contribution in [0.3, 0.4) is 0 Å². The molecule has 3 rings (SSSR count). The molecule has 2 heterocycles. The summed E-state index contributed by atoms with van der Waals surface area (Å²) in [7, 11) is 0. The van der Waals surface area contributed by atoms with Crippen molar-refractivity contribution in [1.82, 2.24) is 4.90 Å². The predicted molar refractivity (Wildman–Crippen MR) is 109 cm³/mol. The molecule has 0 bridgehead atoms. The zero-order valence-corrected chi connectivity index (χ0v) is 17.3. The minimum atomic E-state index is 0. The molecule has 1 aromatic heterocycles. The lowest BCUT2D eigenvalue weighted by atomic mass is 10.2. The van der Waals surface area contributed by atoms with Crippen LogP contribution in [0.1, 0.15) is 18.7 Å². The van der Waals surface area contributed by atoms with Crippen molar-refractivity contribution in [1.29, 1.82) is 0 Å². The zero-order valence-electron chi connectivity index (χ0n) is 14.1. The number of piperazine rings is 1. The monoisotopic (exact) mass is 430 g/mol. The standard InChI is InChI=1S/C18H23BrN2OS.ClH/c1-14(2)22-18-6-4-3-5-17(18)21-9-7-20(8-10-21)12-16-11-15(19)13-23-16;/h3-6,11,13-14H,7-10,12H2,1-2H3;1H. The van der Waals surface area contributed by atoms with E-state index < -0.39 is 0 Å². The quantitative estimate of drug-likeness (QED) is 0.659. The van der Waals surface area contributed by atoms with Crippen LogP contribution < -0.4 is 9.64 Å². The molecule has 1 aliphatic heterocycles. The Bertz CT molecular complexity index is 641. The third-order valence-corrected chi connectivity index (χ3v) is 5.62. The van der Waals surface area contributed by atoms with Crippen molar-refractivity contribution >= 4 is 45.4 Å². The molecule has 24 heavy (non-hydrogen) atoms. The molecule has 0 N–H and O–H groups in total. The Balaban J connectivity index is 0.00000208. The number of halogens is 2. The second-order valence-electron chi connectivity index (χ2n) is 6.13. The van der Waals surface area contributed by atoms with E-state index in [1.54, 1.807) is 0 Å². The number of benzene rings is 1. The molecule has 1 saturated heterocycles. The molecule has 0 spiro atoms. The number of nitrogens with zero attached hydrogens (tertiary/aromatic N) is 2. The van der Waals surface area contributed by atoms with Crippen molar-refractivity contribution in [2.24, 2.45) is 0 Å². The number of hydrogen-bond acceptors (Lipinski definition) is 4. The number of para-hydroxylation sites is 2. The van der Waals surface area contributed by atoms with Crippen molar-refractivity contribution in [3.63, 3.8) is 0 Å². The fourth-order valence-corrected chi connectivity index (χ4v) is 4.37. The van der Waals surface area contributed by atoms with Gasteiger partial charge in [-0.1, -0.05) is 12.1 Å². The van der Waals surface area contributed by atoms with Crippen molar-refractivity contribution in [3.05, 3.63) is 45.1 Å². The normalized spacial score (nSPS) is 15.4. The zero-order chi connectivity index (χ0) is 16.2. The van der Waals surface area contributed by atoms with E-state index in [1.165, 1.54) is 15.0 Å². The summed E-state index contributed by atoms with van der Waals surface area (Å²) in [5.41, 5.74) is 1.22. The van der Waals surface area contributed by atoms with Gasteiger partial charge in [0.05, 0.1) is 11.8 Å².